The quantitative estimate of drug-likeness (QED) is 0.416. The molecule has 6 N–H and O–H groups in total. The Morgan fingerprint density at radius 2 is 1.52 bits per heavy atom. The fourth-order valence-corrected chi connectivity index (χ4v) is 2.91. The molecule has 4 atom stereocenters. The van der Waals surface area contributed by atoms with Crippen molar-refractivity contribution in [2.24, 2.45) is 23.5 Å². The number of amides is 1. The van der Waals surface area contributed by atoms with Crippen LogP contribution in [-0.2, 0) is 19.2 Å². The zero-order valence-electron chi connectivity index (χ0n) is 13.0. The molecule has 1 saturated carbocycles. The molecule has 1 amide bonds. The molecule has 0 heterocycles. The molecule has 130 valence electrons. The van der Waals surface area contributed by atoms with Gasteiger partial charge in [0.05, 0.1) is 17.9 Å². The van der Waals surface area contributed by atoms with Gasteiger partial charge in [-0.25, -0.2) is 4.79 Å². The lowest BCUT2D eigenvalue weighted by atomic mass is 9.94. The van der Waals surface area contributed by atoms with E-state index in [2.05, 4.69) is 5.32 Å². The molecule has 1 aliphatic rings. The molecule has 0 spiro atoms. The minimum atomic E-state index is -1.93. The van der Waals surface area contributed by atoms with E-state index in [-0.39, 0.29) is 5.92 Å². The van der Waals surface area contributed by atoms with E-state index in [1.807, 2.05) is 13.8 Å². The van der Waals surface area contributed by atoms with Crippen LogP contribution in [0.5, 0.6) is 0 Å². The summed E-state index contributed by atoms with van der Waals surface area (Å²) in [6, 6.07) is -0.946. The fourth-order valence-electron chi connectivity index (χ4n) is 2.91. The maximum atomic E-state index is 12.1. The molecule has 0 aromatic rings. The van der Waals surface area contributed by atoms with E-state index in [1.165, 1.54) is 0 Å². The van der Waals surface area contributed by atoms with E-state index in [9.17, 15) is 24.3 Å². The minimum Gasteiger partial charge on any atom is -0.481 e. The maximum Gasteiger partial charge on any atom is 0.329 e. The van der Waals surface area contributed by atoms with Gasteiger partial charge >= 0.3 is 17.9 Å². The molecule has 0 saturated heterocycles. The van der Waals surface area contributed by atoms with E-state index in [0.29, 0.717) is 6.42 Å². The van der Waals surface area contributed by atoms with Gasteiger partial charge in [-0.2, -0.15) is 0 Å². The molecule has 1 aliphatic carbocycles. The summed E-state index contributed by atoms with van der Waals surface area (Å²) < 4.78 is 0. The van der Waals surface area contributed by atoms with Crippen molar-refractivity contribution >= 4 is 23.8 Å². The van der Waals surface area contributed by atoms with Crippen LogP contribution in [0.25, 0.3) is 0 Å². The molecular weight excluding hydrogens is 308 g/mol. The standard InChI is InChI=1S/C14H22N2O7/c1-6(2)3-9(15)10(17)16-14(13(22)23)4-7(11(18)19)8(5-14)12(20)21/h6-9H,3-5,15H2,1-2H3,(H,16,17)(H,18,19)(H,20,21)(H,22,23)/t7-,8+,9-,14?/m0/s1. The number of carboxylic acids is 3. The molecule has 1 rings (SSSR count). The average Bonchev–Trinajstić information content (AvgIpc) is 2.79. The monoisotopic (exact) mass is 330 g/mol. The van der Waals surface area contributed by atoms with Crippen molar-refractivity contribution in [3.63, 3.8) is 0 Å². The number of nitrogens with two attached hydrogens (primary N) is 1. The third-order valence-corrected chi connectivity index (χ3v) is 4.09. The van der Waals surface area contributed by atoms with Crippen LogP contribution in [0.2, 0.25) is 0 Å². The number of carbonyl (C=O) groups excluding carboxylic acids is 1. The van der Waals surface area contributed by atoms with Gasteiger partial charge in [0.15, 0.2) is 0 Å². The lowest BCUT2D eigenvalue weighted by molar-refractivity contribution is -0.152. The topological polar surface area (TPSA) is 167 Å². The van der Waals surface area contributed by atoms with Crippen LogP contribution in [0.3, 0.4) is 0 Å². The largest absolute Gasteiger partial charge is 0.481 e. The molecule has 0 aromatic carbocycles. The smallest absolute Gasteiger partial charge is 0.329 e. The van der Waals surface area contributed by atoms with Crippen molar-refractivity contribution in [2.45, 2.75) is 44.7 Å². The highest BCUT2D eigenvalue weighted by molar-refractivity contribution is 5.92. The highest BCUT2D eigenvalue weighted by Crippen LogP contribution is 2.40. The number of carboxylic acid groups (broad SMARTS) is 3. The highest BCUT2D eigenvalue weighted by atomic mass is 16.4. The van der Waals surface area contributed by atoms with Crippen molar-refractivity contribution in [3.8, 4) is 0 Å². The molecule has 9 nitrogen and oxygen atoms in total. The second-order valence-corrected chi connectivity index (χ2v) is 6.41. The lowest BCUT2D eigenvalue weighted by Gasteiger charge is -2.27. The summed E-state index contributed by atoms with van der Waals surface area (Å²) >= 11 is 0. The van der Waals surface area contributed by atoms with E-state index in [0.717, 1.165) is 0 Å². The first kappa shape index (κ1) is 18.9. The van der Waals surface area contributed by atoms with Gasteiger partial charge in [0, 0.05) is 0 Å². The van der Waals surface area contributed by atoms with Gasteiger partial charge in [-0.05, 0) is 25.2 Å². The second kappa shape index (κ2) is 6.95. The predicted octanol–water partition coefficient (Wildman–Crippen LogP) is -0.505. The number of nitrogens with one attached hydrogen (secondary N) is 1. The predicted molar refractivity (Wildman–Crippen MR) is 77.4 cm³/mol. The number of rotatable bonds is 7. The first-order valence-corrected chi connectivity index (χ1v) is 7.26. The molecule has 9 heteroatoms. The first-order chi connectivity index (χ1) is 10.5. The number of aliphatic carboxylic acids is 3. The zero-order valence-corrected chi connectivity index (χ0v) is 13.0. The summed E-state index contributed by atoms with van der Waals surface area (Å²) in [6.07, 6.45) is -0.657. The van der Waals surface area contributed by atoms with Crippen molar-refractivity contribution in [3.05, 3.63) is 0 Å². The van der Waals surface area contributed by atoms with Gasteiger partial charge in [-0.15, -0.1) is 0 Å². The summed E-state index contributed by atoms with van der Waals surface area (Å²) in [6.45, 7) is 3.69. The molecule has 0 radical (unpaired) electrons. The Balaban J connectivity index is 3.02. The van der Waals surface area contributed by atoms with Crippen molar-refractivity contribution in [1.29, 1.82) is 0 Å². The van der Waals surface area contributed by atoms with E-state index < -0.39 is 60.1 Å². The Labute approximate surface area is 132 Å². The fraction of sp³-hybridized carbons (Fsp3) is 0.714. The van der Waals surface area contributed by atoms with Crippen LogP contribution >= 0.6 is 0 Å². The summed E-state index contributed by atoms with van der Waals surface area (Å²) in [7, 11) is 0. The van der Waals surface area contributed by atoms with E-state index in [1.54, 1.807) is 0 Å². The third-order valence-electron chi connectivity index (χ3n) is 4.09. The molecule has 1 fully saturated rings. The Bertz CT molecular complexity index is 495. The van der Waals surface area contributed by atoms with Crippen LogP contribution in [0.1, 0.15) is 33.1 Å². The molecule has 23 heavy (non-hydrogen) atoms. The Morgan fingerprint density at radius 3 is 1.83 bits per heavy atom. The molecule has 0 aliphatic heterocycles. The van der Waals surface area contributed by atoms with Gasteiger partial charge in [0.25, 0.3) is 0 Å². The number of hydrogen-bond acceptors (Lipinski definition) is 5. The average molecular weight is 330 g/mol. The van der Waals surface area contributed by atoms with Crippen molar-refractivity contribution in [1.82, 2.24) is 5.32 Å². The maximum absolute atomic E-state index is 12.1. The molecule has 0 aromatic heterocycles. The third kappa shape index (κ3) is 4.19. The van der Waals surface area contributed by atoms with Gasteiger partial charge in [-0.3, -0.25) is 14.4 Å². The van der Waals surface area contributed by atoms with Gasteiger partial charge in [0.1, 0.15) is 5.54 Å². The summed E-state index contributed by atoms with van der Waals surface area (Å²) in [5, 5.41) is 29.9. The summed E-state index contributed by atoms with van der Waals surface area (Å²) in [5.41, 5.74) is 3.77. The van der Waals surface area contributed by atoms with Gasteiger partial charge in [-0.1, -0.05) is 13.8 Å². The van der Waals surface area contributed by atoms with Gasteiger partial charge < -0.3 is 26.4 Å². The van der Waals surface area contributed by atoms with E-state index >= 15 is 0 Å². The SMILES string of the molecule is CC(C)C[C@H](N)C(=O)NC1(C(=O)O)C[C@H](C(=O)O)[C@H](C(=O)O)C1. The van der Waals surface area contributed by atoms with E-state index in [4.69, 9.17) is 15.9 Å². The first-order valence-electron chi connectivity index (χ1n) is 7.26. The Kier molecular flexibility index (Phi) is 5.70. The van der Waals surface area contributed by atoms with Crippen LogP contribution in [-0.4, -0.2) is 50.7 Å². The highest BCUT2D eigenvalue weighted by Gasteiger charge is 2.56. The number of carbonyl (C=O) groups is 4. The molecule has 1 unspecified atom stereocenters. The Hall–Kier alpha value is -2.16. The second-order valence-electron chi connectivity index (χ2n) is 6.41. The van der Waals surface area contributed by atoms with Gasteiger partial charge in [0.2, 0.25) is 5.91 Å². The van der Waals surface area contributed by atoms with Crippen LogP contribution in [0, 0.1) is 17.8 Å². The molecular formula is C14H22N2O7. The summed E-state index contributed by atoms with van der Waals surface area (Å²) in [5.74, 6) is -7.65. The van der Waals surface area contributed by atoms with Crippen LogP contribution in [0.4, 0.5) is 0 Å². The Morgan fingerprint density at radius 1 is 1.09 bits per heavy atom. The minimum absolute atomic E-state index is 0.110. The molecule has 0 bridgehead atoms. The normalized spacial score (nSPS) is 28.3. The van der Waals surface area contributed by atoms with Crippen LogP contribution < -0.4 is 11.1 Å². The van der Waals surface area contributed by atoms with Crippen molar-refractivity contribution in [2.75, 3.05) is 0 Å². The summed E-state index contributed by atoms with van der Waals surface area (Å²) in [4.78, 5) is 46.1. The van der Waals surface area contributed by atoms with Crippen LogP contribution in [0.15, 0.2) is 0 Å². The zero-order chi connectivity index (χ0) is 17.9. The van der Waals surface area contributed by atoms with Crippen molar-refractivity contribution < 1.29 is 34.5 Å². The number of hydrogen-bond donors (Lipinski definition) is 5. The lowest BCUT2D eigenvalue weighted by Crippen LogP contribution is -2.57.